The molecule has 14 heavy (non-hydrogen) atoms. The van der Waals surface area contributed by atoms with Crippen LogP contribution in [-0.4, -0.2) is 17.1 Å². The Morgan fingerprint density at radius 1 is 1.14 bits per heavy atom. The van der Waals surface area contributed by atoms with Crippen LogP contribution in [0.15, 0.2) is 0 Å². The minimum Gasteiger partial charge on any atom is -0.481 e. The molecule has 3 heteroatoms. The van der Waals surface area contributed by atoms with E-state index in [1.54, 1.807) is 0 Å². The maximum absolute atomic E-state index is 10.2. The first kappa shape index (κ1) is 13.4. The number of aliphatic carboxylic acids is 1. The molecule has 0 aromatic rings. The van der Waals surface area contributed by atoms with Crippen LogP contribution in [-0.2, 0) is 4.79 Å². The second kappa shape index (κ2) is 9.00. The molecule has 0 aromatic carbocycles. The molecular formula is C11H23NO2. The molecule has 0 fully saturated rings. The lowest BCUT2D eigenvalue weighted by Crippen LogP contribution is -2.13. The Morgan fingerprint density at radius 2 is 1.64 bits per heavy atom. The molecule has 0 bridgehead atoms. The van der Waals surface area contributed by atoms with Crippen molar-refractivity contribution in [1.29, 1.82) is 0 Å². The van der Waals surface area contributed by atoms with E-state index in [4.69, 9.17) is 10.8 Å². The minimum atomic E-state index is -0.679. The minimum absolute atomic E-state index is 0.319. The van der Waals surface area contributed by atoms with Gasteiger partial charge >= 0.3 is 5.97 Å². The largest absolute Gasteiger partial charge is 0.481 e. The van der Waals surface area contributed by atoms with Crippen LogP contribution in [0, 0.1) is 0 Å². The van der Waals surface area contributed by atoms with Gasteiger partial charge < -0.3 is 10.8 Å². The molecule has 0 saturated heterocycles. The first-order valence-electron chi connectivity index (χ1n) is 5.60. The standard InChI is InChI=1S/C11H23NO2/c1-10(12)8-6-4-2-3-5-7-9-11(13)14/h10H,2-9,12H2,1H3,(H,13,14). The SMILES string of the molecule is CC(N)CCCCCCCCC(=O)O. The lowest BCUT2D eigenvalue weighted by Gasteiger charge is -2.04. The van der Waals surface area contributed by atoms with Gasteiger partial charge in [-0.2, -0.15) is 0 Å². The second-order valence-corrected chi connectivity index (χ2v) is 4.03. The van der Waals surface area contributed by atoms with Crippen LogP contribution in [0.3, 0.4) is 0 Å². The van der Waals surface area contributed by atoms with E-state index >= 15 is 0 Å². The Kier molecular flexibility index (Phi) is 8.64. The molecule has 3 N–H and O–H groups in total. The number of carbonyl (C=O) groups is 1. The summed E-state index contributed by atoms with van der Waals surface area (Å²) in [6.45, 7) is 2.03. The van der Waals surface area contributed by atoms with Gasteiger partial charge in [-0.25, -0.2) is 0 Å². The highest BCUT2D eigenvalue weighted by Crippen LogP contribution is 2.09. The van der Waals surface area contributed by atoms with Crippen LogP contribution in [0.25, 0.3) is 0 Å². The molecule has 1 unspecified atom stereocenters. The van der Waals surface area contributed by atoms with Crippen molar-refractivity contribution in [3.8, 4) is 0 Å². The summed E-state index contributed by atoms with van der Waals surface area (Å²) >= 11 is 0. The van der Waals surface area contributed by atoms with Gasteiger partial charge in [-0.1, -0.05) is 32.1 Å². The van der Waals surface area contributed by atoms with Crippen LogP contribution in [0.5, 0.6) is 0 Å². The van der Waals surface area contributed by atoms with E-state index < -0.39 is 5.97 Å². The van der Waals surface area contributed by atoms with E-state index in [2.05, 4.69) is 0 Å². The van der Waals surface area contributed by atoms with Crippen molar-refractivity contribution < 1.29 is 9.90 Å². The molecule has 0 aliphatic rings. The van der Waals surface area contributed by atoms with Crippen molar-refractivity contribution in [3.63, 3.8) is 0 Å². The van der Waals surface area contributed by atoms with Crippen molar-refractivity contribution >= 4 is 5.97 Å². The predicted octanol–water partition coefficient (Wildman–Crippen LogP) is 2.54. The summed E-state index contributed by atoms with van der Waals surface area (Å²) in [5.74, 6) is -0.679. The summed E-state index contributed by atoms with van der Waals surface area (Å²) < 4.78 is 0. The molecule has 0 amide bonds. The molecule has 0 aliphatic heterocycles. The van der Waals surface area contributed by atoms with Gasteiger partial charge in [0.15, 0.2) is 0 Å². The first-order valence-corrected chi connectivity index (χ1v) is 5.60. The highest BCUT2D eigenvalue weighted by molar-refractivity contribution is 5.66. The molecule has 0 aromatic heterocycles. The van der Waals surface area contributed by atoms with Crippen molar-refractivity contribution in [3.05, 3.63) is 0 Å². The second-order valence-electron chi connectivity index (χ2n) is 4.03. The van der Waals surface area contributed by atoms with Gasteiger partial charge in [-0.3, -0.25) is 4.79 Å². The van der Waals surface area contributed by atoms with Crippen molar-refractivity contribution in [2.24, 2.45) is 5.73 Å². The van der Waals surface area contributed by atoms with Crippen LogP contribution in [0.1, 0.15) is 58.3 Å². The van der Waals surface area contributed by atoms with E-state index in [-0.39, 0.29) is 0 Å². The van der Waals surface area contributed by atoms with Crippen LogP contribution < -0.4 is 5.73 Å². The van der Waals surface area contributed by atoms with E-state index in [1.807, 2.05) is 6.92 Å². The molecule has 1 atom stereocenters. The average Bonchev–Trinajstić information content (AvgIpc) is 2.08. The Bertz CT molecular complexity index is 146. The summed E-state index contributed by atoms with van der Waals surface area (Å²) in [6, 6.07) is 0.321. The summed E-state index contributed by atoms with van der Waals surface area (Å²) in [5, 5.41) is 8.40. The molecule has 0 spiro atoms. The Labute approximate surface area is 86.7 Å². The number of hydrogen-bond acceptors (Lipinski definition) is 2. The summed E-state index contributed by atoms with van der Waals surface area (Å²) in [4.78, 5) is 10.2. The van der Waals surface area contributed by atoms with Crippen molar-refractivity contribution in [2.45, 2.75) is 64.3 Å². The smallest absolute Gasteiger partial charge is 0.303 e. The highest BCUT2D eigenvalue weighted by atomic mass is 16.4. The van der Waals surface area contributed by atoms with Gasteiger partial charge in [-0.05, 0) is 19.8 Å². The third-order valence-corrected chi connectivity index (χ3v) is 2.30. The van der Waals surface area contributed by atoms with E-state index in [0.29, 0.717) is 12.5 Å². The quantitative estimate of drug-likeness (QED) is 0.563. The maximum atomic E-state index is 10.2. The summed E-state index contributed by atoms with van der Waals surface area (Å²) in [5.41, 5.74) is 5.62. The molecule has 0 aliphatic carbocycles. The molecule has 0 saturated carbocycles. The zero-order valence-corrected chi connectivity index (χ0v) is 9.17. The van der Waals surface area contributed by atoms with Gasteiger partial charge in [0, 0.05) is 12.5 Å². The lowest BCUT2D eigenvalue weighted by atomic mass is 10.1. The summed E-state index contributed by atoms with van der Waals surface area (Å²) in [7, 11) is 0. The van der Waals surface area contributed by atoms with Gasteiger partial charge in [-0.15, -0.1) is 0 Å². The first-order chi connectivity index (χ1) is 6.63. The molecule has 0 radical (unpaired) electrons. The number of rotatable bonds is 9. The van der Waals surface area contributed by atoms with Gasteiger partial charge in [0.2, 0.25) is 0 Å². The van der Waals surface area contributed by atoms with E-state index in [0.717, 1.165) is 25.7 Å². The average molecular weight is 201 g/mol. The normalized spacial score (nSPS) is 12.7. The van der Waals surface area contributed by atoms with Crippen molar-refractivity contribution in [1.82, 2.24) is 0 Å². The molecule has 84 valence electrons. The van der Waals surface area contributed by atoms with E-state index in [1.165, 1.54) is 19.3 Å². The number of hydrogen-bond donors (Lipinski definition) is 2. The lowest BCUT2D eigenvalue weighted by molar-refractivity contribution is -0.137. The van der Waals surface area contributed by atoms with E-state index in [9.17, 15) is 4.79 Å². The topological polar surface area (TPSA) is 63.3 Å². The highest BCUT2D eigenvalue weighted by Gasteiger charge is 1.97. The van der Waals surface area contributed by atoms with Gasteiger partial charge in [0.05, 0.1) is 0 Å². The maximum Gasteiger partial charge on any atom is 0.303 e. The number of carboxylic acids is 1. The third-order valence-electron chi connectivity index (χ3n) is 2.30. The zero-order chi connectivity index (χ0) is 10.8. The summed E-state index contributed by atoms with van der Waals surface area (Å²) in [6.07, 6.45) is 8.10. The van der Waals surface area contributed by atoms with Gasteiger partial charge in [0.1, 0.15) is 0 Å². The monoisotopic (exact) mass is 201 g/mol. The Balaban J connectivity index is 2.96. The molecule has 3 nitrogen and oxygen atoms in total. The number of unbranched alkanes of at least 4 members (excludes halogenated alkanes) is 5. The Hall–Kier alpha value is -0.570. The number of nitrogens with two attached hydrogens (primary N) is 1. The third kappa shape index (κ3) is 11.4. The predicted molar refractivity (Wildman–Crippen MR) is 58.2 cm³/mol. The molecular weight excluding hydrogens is 178 g/mol. The van der Waals surface area contributed by atoms with Crippen LogP contribution in [0.4, 0.5) is 0 Å². The zero-order valence-electron chi connectivity index (χ0n) is 9.17. The van der Waals surface area contributed by atoms with Crippen molar-refractivity contribution in [2.75, 3.05) is 0 Å². The number of carboxylic acid groups (broad SMARTS) is 1. The fraction of sp³-hybridized carbons (Fsp3) is 0.909. The van der Waals surface area contributed by atoms with Crippen LogP contribution >= 0.6 is 0 Å². The van der Waals surface area contributed by atoms with Gasteiger partial charge in [0.25, 0.3) is 0 Å². The molecule has 0 rings (SSSR count). The molecule has 0 heterocycles. The van der Waals surface area contributed by atoms with Crippen LogP contribution in [0.2, 0.25) is 0 Å². The fourth-order valence-corrected chi connectivity index (χ4v) is 1.45. The Morgan fingerprint density at radius 3 is 2.14 bits per heavy atom. The fourth-order valence-electron chi connectivity index (χ4n) is 1.45.